The lowest BCUT2D eigenvalue weighted by Crippen LogP contribution is -2.19. The molecule has 3 nitrogen and oxygen atoms in total. The van der Waals surface area contributed by atoms with Crippen LogP contribution in [0.2, 0.25) is 0 Å². The summed E-state index contributed by atoms with van der Waals surface area (Å²) < 4.78 is 1.77. The molecule has 0 saturated heterocycles. The lowest BCUT2D eigenvalue weighted by atomic mass is 9.97. The second-order valence-corrected chi connectivity index (χ2v) is 4.49. The van der Waals surface area contributed by atoms with Gasteiger partial charge >= 0.3 is 0 Å². The van der Waals surface area contributed by atoms with Crippen LogP contribution in [0.15, 0.2) is 12.3 Å². The first-order valence-corrected chi connectivity index (χ1v) is 4.43. The number of hydrogen-bond acceptors (Lipinski definition) is 2. The molecule has 0 saturated carbocycles. The molecule has 0 atom stereocenters. The van der Waals surface area contributed by atoms with Crippen LogP contribution in [0.5, 0.6) is 0 Å². The van der Waals surface area contributed by atoms with Crippen LogP contribution in [0.25, 0.3) is 0 Å². The number of carbonyl (C=O) groups is 1. The minimum absolute atomic E-state index is 0.0711. The van der Waals surface area contributed by atoms with Gasteiger partial charge in [0.2, 0.25) is 0 Å². The third-order valence-corrected chi connectivity index (χ3v) is 1.70. The summed E-state index contributed by atoms with van der Waals surface area (Å²) >= 11 is 0. The Kier molecular flexibility index (Phi) is 2.55. The topological polar surface area (TPSA) is 34.9 Å². The molecule has 0 fully saturated rings. The molecule has 0 N–H and O–H groups in total. The van der Waals surface area contributed by atoms with Crippen LogP contribution in [-0.4, -0.2) is 15.6 Å². The SMILES string of the molecule is CC(=O)c1ccnn1CC(C)(C)C. The fourth-order valence-electron chi connectivity index (χ4n) is 1.21. The van der Waals surface area contributed by atoms with Crippen LogP contribution in [-0.2, 0) is 6.54 Å². The molecule has 1 rings (SSSR count). The smallest absolute Gasteiger partial charge is 0.177 e. The van der Waals surface area contributed by atoms with E-state index in [1.807, 2.05) is 0 Å². The van der Waals surface area contributed by atoms with Crippen molar-refractivity contribution in [3.8, 4) is 0 Å². The minimum Gasteiger partial charge on any atom is -0.293 e. The summed E-state index contributed by atoms with van der Waals surface area (Å²) in [6.07, 6.45) is 1.67. The number of carbonyl (C=O) groups excluding carboxylic acids is 1. The first kappa shape index (κ1) is 9.96. The number of rotatable bonds is 2. The molecule has 0 aliphatic heterocycles. The maximum Gasteiger partial charge on any atom is 0.177 e. The zero-order valence-electron chi connectivity index (χ0n) is 8.66. The van der Waals surface area contributed by atoms with Gasteiger partial charge in [-0.25, -0.2) is 0 Å². The maximum atomic E-state index is 11.2. The highest BCUT2D eigenvalue weighted by molar-refractivity contribution is 5.92. The summed E-state index contributed by atoms with van der Waals surface area (Å²) in [4.78, 5) is 11.2. The molecule has 0 bridgehead atoms. The van der Waals surface area contributed by atoms with Crippen LogP contribution in [0.4, 0.5) is 0 Å². The summed E-state index contributed by atoms with van der Waals surface area (Å²) in [7, 11) is 0. The molecule has 0 radical (unpaired) electrons. The van der Waals surface area contributed by atoms with Crippen molar-refractivity contribution in [2.24, 2.45) is 5.41 Å². The molecule has 0 amide bonds. The van der Waals surface area contributed by atoms with Gasteiger partial charge in [0.05, 0.1) is 0 Å². The van der Waals surface area contributed by atoms with E-state index in [9.17, 15) is 4.79 Å². The summed E-state index contributed by atoms with van der Waals surface area (Å²) in [5.74, 6) is 0.0711. The van der Waals surface area contributed by atoms with Crippen molar-refractivity contribution in [3.63, 3.8) is 0 Å². The molecule has 3 heteroatoms. The van der Waals surface area contributed by atoms with Gasteiger partial charge in [0.15, 0.2) is 5.78 Å². The monoisotopic (exact) mass is 180 g/mol. The predicted octanol–water partition coefficient (Wildman–Crippen LogP) is 2.13. The average Bonchev–Trinajstić information content (AvgIpc) is 2.31. The minimum atomic E-state index is 0.0711. The molecule has 0 aromatic carbocycles. The molecule has 1 aromatic heterocycles. The van der Waals surface area contributed by atoms with Crippen molar-refractivity contribution in [3.05, 3.63) is 18.0 Å². The lowest BCUT2D eigenvalue weighted by Gasteiger charge is -2.19. The zero-order valence-corrected chi connectivity index (χ0v) is 8.66. The summed E-state index contributed by atoms with van der Waals surface area (Å²) in [5, 5.41) is 4.12. The van der Waals surface area contributed by atoms with Gasteiger partial charge in [-0.05, 0) is 11.5 Å². The predicted molar refractivity (Wildman–Crippen MR) is 51.7 cm³/mol. The molecule has 1 heterocycles. The number of aromatic nitrogens is 2. The van der Waals surface area contributed by atoms with E-state index in [1.54, 1.807) is 23.9 Å². The normalized spacial score (nSPS) is 11.7. The second-order valence-electron chi connectivity index (χ2n) is 4.49. The fraction of sp³-hybridized carbons (Fsp3) is 0.600. The van der Waals surface area contributed by atoms with E-state index in [0.29, 0.717) is 5.69 Å². The first-order chi connectivity index (χ1) is 5.90. The van der Waals surface area contributed by atoms with Gasteiger partial charge in [0.25, 0.3) is 0 Å². The Labute approximate surface area is 78.8 Å². The first-order valence-electron chi connectivity index (χ1n) is 4.43. The van der Waals surface area contributed by atoms with Crippen LogP contribution < -0.4 is 0 Å². The van der Waals surface area contributed by atoms with Gasteiger partial charge in [0, 0.05) is 19.7 Å². The molecule has 0 unspecified atom stereocenters. The third-order valence-electron chi connectivity index (χ3n) is 1.70. The van der Waals surface area contributed by atoms with Gasteiger partial charge < -0.3 is 0 Å². The van der Waals surface area contributed by atoms with Gasteiger partial charge in [-0.2, -0.15) is 5.10 Å². The number of nitrogens with zero attached hydrogens (tertiary/aromatic N) is 2. The maximum absolute atomic E-state index is 11.2. The highest BCUT2D eigenvalue weighted by Crippen LogP contribution is 2.16. The Hall–Kier alpha value is -1.12. The van der Waals surface area contributed by atoms with E-state index in [1.165, 1.54) is 0 Å². The van der Waals surface area contributed by atoms with Crippen LogP contribution >= 0.6 is 0 Å². The van der Waals surface area contributed by atoms with E-state index >= 15 is 0 Å². The summed E-state index contributed by atoms with van der Waals surface area (Å²) in [6.45, 7) is 8.71. The van der Waals surface area contributed by atoms with Crippen molar-refractivity contribution in [1.82, 2.24) is 9.78 Å². The Morgan fingerprint density at radius 3 is 2.62 bits per heavy atom. The highest BCUT2D eigenvalue weighted by Gasteiger charge is 2.15. The van der Waals surface area contributed by atoms with E-state index in [2.05, 4.69) is 25.9 Å². The number of hydrogen-bond donors (Lipinski definition) is 0. The van der Waals surface area contributed by atoms with E-state index < -0.39 is 0 Å². The van der Waals surface area contributed by atoms with E-state index in [0.717, 1.165) is 6.54 Å². The molecular weight excluding hydrogens is 164 g/mol. The molecule has 0 aliphatic rings. The summed E-state index contributed by atoms with van der Waals surface area (Å²) in [6, 6.07) is 1.76. The Bertz CT molecular complexity index is 307. The summed E-state index contributed by atoms with van der Waals surface area (Å²) in [5.41, 5.74) is 0.839. The van der Waals surface area contributed by atoms with Crippen molar-refractivity contribution < 1.29 is 4.79 Å². The van der Waals surface area contributed by atoms with Crippen LogP contribution in [0, 0.1) is 5.41 Å². The average molecular weight is 180 g/mol. The fourth-order valence-corrected chi connectivity index (χ4v) is 1.21. The second kappa shape index (κ2) is 3.32. The van der Waals surface area contributed by atoms with E-state index in [4.69, 9.17) is 0 Å². The Morgan fingerprint density at radius 1 is 1.54 bits per heavy atom. The van der Waals surface area contributed by atoms with Crippen molar-refractivity contribution in [2.75, 3.05) is 0 Å². The third kappa shape index (κ3) is 2.68. The van der Waals surface area contributed by atoms with Gasteiger partial charge in [-0.3, -0.25) is 9.48 Å². The Morgan fingerprint density at radius 2 is 2.15 bits per heavy atom. The zero-order chi connectivity index (χ0) is 10.1. The van der Waals surface area contributed by atoms with Crippen molar-refractivity contribution >= 4 is 5.78 Å². The van der Waals surface area contributed by atoms with Crippen molar-refractivity contribution in [1.29, 1.82) is 0 Å². The van der Waals surface area contributed by atoms with Crippen LogP contribution in [0.3, 0.4) is 0 Å². The number of Topliss-reactive ketones (excluding diaryl/α,β-unsaturated/α-hetero) is 1. The molecule has 0 spiro atoms. The van der Waals surface area contributed by atoms with Gasteiger partial charge in [-0.15, -0.1) is 0 Å². The van der Waals surface area contributed by atoms with E-state index in [-0.39, 0.29) is 11.2 Å². The highest BCUT2D eigenvalue weighted by atomic mass is 16.1. The number of ketones is 1. The van der Waals surface area contributed by atoms with Gasteiger partial charge in [0.1, 0.15) is 5.69 Å². The standard InChI is InChI=1S/C10H16N2O/c1-8(13)9-5-6-11-12(9)7-10(2,3)4/h5-6H,7H2,1-4H3. The molecular formula is C10H16N2O. The molecule has 72 valence electrons. The van der Waals surface area contributed by atoms with Gasteiger partial charge in [-0.1, -0.05) is 20.8 Å². The Balaban J connectivity index is 2.89. The molecule has 1 aromatic rings. The molecule has 0 aliphatic carbocycles. The quantitative estimate of drug-likeness (QED) is 0.653. The molecule has 13 heavy (non-hydrogen) atoms. The van der Waals surface area contributed by atoms with Crippen molar-refractivity contribution in [2.45, 2.75) is 34.2 Å². The lowest BCUT2D eigenvalue weighted by molar-refractivity contribution is 0.100. The largest absolute Gasteiger partial charge is 0.293 e. The van der Waals surface area contributed by atoms with Crippen LogP contribution in [0.1, 0.15) is 38.2 Å².